The number of carbonyl (C=O) groups is 2. The molecule has 0 radical (unpaired) electrons. The summed E-state index contributed by atoms with van der Waals surface area (Å²) in [5, 5.41) is 0.663. The fourth-order valence-electron chi connectivity index (χ4n) is 2.53. The molecule has 0 amide bonds. The molecular weight excluding hydrogens is 356 g/mol. The minimum absolute atomic E-state index is 0.112. The molecule has 1 unspecified atom stereocenters. The number of hydrogen-bond acceptors (Lipinski definition) is 8. The van der Waals surface area contributed by atoms with Gasteiger partial charge >= 0.3 is 17.6 Å². The molecule has 0 saturated heterocycles. The lowest BCUT2D eigenvalue weighted by Gasteiger charge is -2.32. The highest BCUT2D eigenvalue weighted by Crippen LogP contribution is 2.32. The molecule has 0 aliphatic heterocycles. The van der Waals surface area contributed by atoms with Crippen LogP contribution in [-0.4, -0.2) is 37.4 Å². The minimum Gasteiger partial charge on any atom is -0.493 e. The molecule has 1 aromatic carbocycles. The van der Waals surface area contributed by atoms with E-state index in [1.54, 1.807) is 26.0 Å². The van der Waals surface area contributed by atoms with Crippen LogP contribution in [0.2, 0.25) is 0 Å². The number of rotatable bonds is 7. The van der Waals surface area contributed by atoms with Crippen LogP contribution in [0.15, 0.2) is 33.5 Å². The van der Waals surface area contributed by atoms with Crippen molar-refractivity contribution in [1.29, 1.82) is 0 Å². The van der Waals surface area contributed by atoms with Crippen LogP contribution in [-0.2, 0) is 19.1 Å². The van der Waals surface area contributed by atoms with E-state index in [9.17, 15) is 14.4 Å². The Morgan fingerprint density at radius 2 is 1.81 bits per heavy atom. The van der Waals surface area contributed by atoms with Gasteiger partial charge in [0.2, 0.25) is 0 Å². The van der Waals surface area contributed by atoms with Crippen molar-refractivity contribution in [2.24, 2.45) is 0 Å². The van der Waals surface area contributed by atoms with Gasteiger partial charge in [0.05, 0.1) is 7.11 Å². The highest BCUT2D eigenvalue weighted by Gasteiger charge is 2.36. The zero-order chi connectivity index (χ0) is 20.2. The third-order valence-corrected chi connectivity index (χ3v) is 3.79. The lowest BCUT2D eigenvalue weighted by molar-refractivity contribution is -0.181. The summed E-state index contributed by atoms with van der Waals surface area (Å²) in [6.07, 6.45) is -0.873. The van der Waals surface area contributed by atoms with Crippen molar-refractivity contribution < 1.29 is 33.0 Å². The number of fused-ring (bicyclic) bond motifs is 1. The standard InChI is InChI=1S/C19H22O8/c1-11(20)25-17(19(3,4)27-12(2)21)10-24-16-9-14-13(8-15(16)23-5)6-7-18(22)26-14/h6-9,17H,10H2,1-5H3. The van der Waals surface area contributed by atoms with Crippen LogP contribution in [0.25, 0.3) is 11.0 Å². The Kier molecular flexibility index (Phi) is 6.09. The number of carbonyl (C=O) groups excluding carboxylic acids is 2. The molecule has 8 nitrogen and oxygen atoms in total. The van der Waals surface area contributed by atoms with E-state index in [0.717, 1.165) is 0 Å². The van der Waals surface area contributed by atoms with Gasteiger partial charge in [-0.1, -0.05) is 0 Å². The maximum Gasteiger partial charge on any atom is 0.336 e. The molecule has 0 N–H and O–H groups in total. The first-order chi connectivity index (χ1) is 12.6. The normalized spacial score (nSPS) is 12.3. The van der Waals surface area contributed by atoms with E-state index < -0.39 is 29.3 Å². The predicted octanol–water partition coefficient (Wildman–Crippen LogP) is 2.45. The molecule has 0 spiro atoms. The summed E-state index contributed by atoms with van der Waals surface area (Å²) in [6.45, 7) is 5.63. The molecule has 27 heavy (non-hydrogen) atoms. The van der Waals surface area contributed by atoms with Gasteiger partial charge in [-0.05, 0) is 26.0 Å². The van der Waals surface area contributed by atoms with Crippen LogP contribution in [0.3, 0.4) is 0 Å². The van der Waals surface area contributed by atoms with Crippen molar-refractivity contribution in [2.45, 2.75) is 39.4 Å². The number of ether oxygens (including phenoxy) is 4. The molecule has 1 atom stereocenters. The molecule has 0 aliphatic carbocycles. The molecule has 1 aromatic heterocycles. The van der Waals surface area contributed by atoms with E-state index in [-0.39, 0.29) is 12.4 Å². The van der Waals surface area contributed by atoms with E-state index in [2.05, 4.69) is 0 Å². The fraction of sp³-hybridized carbons (Fsp3) is 0.421. The maximum absolute atomic E-state index is 11.4. The molecule has 146 valence electrons. The van der Waals surface area contributed by atoms with Gasteiger partial charge in [0.1, 0.15) is 17.8 Å². The van der Waals surface area contributed by atoms with Crippen LogP contribution in [0.5, 0.6) is 11.5 Å². The lowest BCUT2D eigenvalue weighted by Crippen LogP contribution is -2.46. The van der Waals surface area contributed by atoms with E-state index in [4.69, 9.17) is 23.4 Å². The van der Waals surface area contributed by atoms with E-state index >= 15 is 0 Å². The number of esters is 2. The number of hydrogen-bond donors (Lipinski definition) is 0. The summed E-state index contributed by atoms with van der Waals surface area (Å²) in [5.74, 6) is -0.360. The summed E-state index contributed by atoms with van der Waals surface area (Å²) in [7, 11) is 1.47. The lowest BCUT2D eigenvalue weighted by atomic mass is 10.0. The summed E-state index contributed by atoms with van der Waals surface area (Å²) in [5.41, 5.74) is -1.29. The Morgan fingerprint density at radius 3 is 2.41 bits per heavy atom. The molecule has 8 heteroatoms. The average Bonchev–Trinajstić information content (AvgIpc) is 2.56. The molecule has 0 fully saturated rings. The second-order valence-corrected chi connectivity index (χ2v) is 6.40. The summed E-state index contributed by atoms with van der Waals surface area (Å²) in [6, 6.07) is 6.09. The number of benzene rings is 1. The van der Waals surface area contributed by atoms with Crippen molar-refractivity contribution >= 4 is 22.9 Å². The molecule has 0 aliphatic rings. The van der Waals surface area contributed by atoms with Crippen LogP contribution in [0.4, 0.5) is 0 Å². The van der Waals surface area contributed by atoms with Gasteiger partial charge in [-0.15, -0.1) is 0 Å². The molecule has 1 heterocycles. The van der Waals surface area contributed by atoms with Gasteiger partial charge in [0, 0.05) is 31.4 Å². The molecule has 2 aromatic rings. The minimum atomic E-state index is -1.12. The van der Waals surface area contributed by atoms with Crippen LogP contribution < -0.4 is 15.1 Å². The largest absolute Gasteiger partial charge is 0.493 e. The third kappa shape index (κ3) is 5.22. The Balaban J connectivity index is 2.31. The first kappa shape index (κ1) is 20.3. The molecule has 0 bridgehead atoms. The zero-order valence-electron chi connectivity index (χ0n) is 15.9. The molecular formula is C19H22O8. The smallest absolute Gasteiger partial charge is 0.336 e. The van der Waals surface area contributed by atoms with Crippen molar-refractivity contribution in [2.75, 3.05) is 13.7 Å². The number of methoxy groups -OCH3 is 1. The summed E-state index contributed by atoms with van der Waals surface area (Å²) >= 11 is 0. The highest BCUT2D eigenvalue weighted by molar-refractivity contribution is 5.80. The van der Waals surface area contributed by atoms with Crippen LogP contribution in [0.1, 0.15) is 27.7 Å². The third-order valence-electron chi connectivity index (χ3n) is 3.79. The predicted molar refractivity (Wildman–Crippen MR) is 95.9 cm³/mol. The van der Waals surface area contributed by atoms with Crippen molar-refractivity contribution in [1.82, 2.24) is 0 Å². The van der Waals surface area contributed by atoms with Crippen LogP contribution in [0, 0.1) is 0 Å². The second-order valence-electron chi connectivity index (χ2n) is 6.40. The topological polar surface area (TPSA) is 101 Å². The van der Waals surface area contributed by atoms with E-state index in [1.807, 2.05) is 0 Å². The van der Waals surface area contributed by atoms with Crippen LogP contribution >= 0.6 is 0 Å². The summed E-state index contributed by atoms with van der Waals surface area (Å²) in [4.78, 5) is 34.2. The van der Waals surface area contributed by atoms with Gasteiger partial charge in [-0.25, -0.2) is 4.79 Å². The van der Waals surface area contributed by atoms with Crippen molar-refractivity contribution in [3.8, 4) is 11.5 Å². The Hall–Kier alpha value is -3.03. The molecule has 0 saturated carbocycles. The fourth-order valence-corrected chi connectivity index (χ4v) is 2.53. The monoisotopic (exact) mass is 378 g/mol. The second kappa shape index (κ2) is 8.11. The first-order valence-corrected chi connectivity index (χ1v) is 8.24. The Labute approximate surface area is 156 Å². The van der Waals surface area contributed by atoms with E-state index in [0.29, 0.717) is 16.7 Å². The maximum atomic E-state index is 11.4. The van der Waals surface area contributed by atoms with Gasteiger partial charge in [-0.2, -0.15) is 0 Å². The van der Waals surface area contributed by atoms with Gasteiger partial charge < -0.3 is 23.4 Å². The highest BCUT2D eigenvalue weighted by atomic mass is 16.6. The zero-order valence-corrected chi connectivity index (χ0v) is 15.9. The summed E-state index contributed by atoms with van der Waals surface area (Å²) < 4.78 is 26.7. The Morgan fingerprint density at radius 1 is 1.11 bits per heavy atom. The average molecular weight is 378 g/mol. The first-order valence-electron chi connectivity index (χ1n) is 8.24. The molecule has 2 rings (SSSR count). The van der Waals surface area contributed by atoms with Gasteiger partial charge in [0.15, 0.2) is 17.6 Å². The Bertz CT molecular complexity index is 896. The van der Waals surface area contributed by atoms with Crippen molar-refractivity contribution in [3.63, 3.8) is 0 Å². The SMILES string of the molecule is COc1cc2ccc(=O)oc2cc1OCC(OC(C)=O)C(C)(C)OC(C)=O. The van der Waals surface area contributed by atoms with Crippen molar-refractivity contribution in [3.05, 3.63) is 34.7 Å². The quantitative estimate of drug-likeness (QED) is 0.535. The van der Waals surface area contributed by atoms with Gasteiger partial charge in [0.25, 0.3) is 0 Å². The van der Waals surface area contributed by atoms with E-state index in [1.165, 1.54) is 33.1 Å². The van der Waals surface area contributed by atoms with Gasteiger partial charge in [-0.3, -0.25) is 9.59 Å².